The van der Waals surface area contributed by atoms with Crippen molar-refractivity contribution in [1.29, 1.82) is 0 Å². The SMILES string of the molecule is Cc1ccc(NC(=O)N[C@H](CC(C)C)C(=O)O)cc1Br. The van der Waals surface area contributed by atoms with Crippen LogP contribution in [0.15, 0.2) is 22.7 Å². The molecule has 1 rings (SSSR count). The van der Waals surface area contributed by atoms with Crippen LogP contribution in [-0.4, -0.2) is 23.1 Å². The predicted molar refractivity (Wildman–Crippen MR) is 81.9 cm³/mol. The van der Waals surface area contributed by atoms with E-state index < -0.39 is 18.0 Å². The van der Waals surface area contributed by atoms with Gasteiger partial charge in [0.15, 0.2) is 0 Å². The van der Waals surface area contributed by atoms with Gasteiger partial charge in [0.25, 0.3) is 0 Å². The maximum absolute atomic E-state index is 11.8. The normalized spacial score (nSPS) is 12.1. The van der Waals surface area contributed by atoms with Crippen molar-refractivity contribution in [2.75, 3.05) is 5.32 Å². The Morgan fingerprint density at radius 1 is 1.35 bits per heavy atom. The number of carboxylic acids is 1. The van der Waals surface area contributed by atoms with Crippen LogP contribution < -0.4 is 10.6 Å². The van der Waals surface area contributed by atoms with Crippen LogP contribution in [0.4, 0.5) is 10.5 Å². The summed E-state index contributed by atoms with van der Waals surface area (Å²) in [4.78, 5) is 22.9. The van der Waals surface area contributed by atoms with Crippen LogP contribution in [0.5, 0.6) is 0 Å². The van der Waals surface area contributed by atoms with Crippen LogP contribution in [0.1, 0.15) is 25.8 Å². The molecule has 0 bridgehead atoms. The number of aliphatic carboxylic acids is 1. The fourth-order valence-corrected chi connectivity index (χ4v) is 2.07. The summed E-state index contributed by atoms with van der Waals surface area (Å²) < 4.78 is 0.882. The smallest absolute Gasteiger partial charge is 0.326 e. The quantitative estimate of drug-likeness (QED) is 0.767. The van der Waals surface area contributed by atoms with Gasteiger partial charge in [0, 0.05) is 10.2 Å². The number of benzene rings is 1. The van der Waals surface area contributed by atoms with E-state index in [4.69, 9.17) is 5.11 Å². The largest absolute Gasteiger partial charge is 0.480 e. The molecule has 0 fully saturated rings. The lowest BCUT2D eigenvalue weighted by Gasteiger charge is -2.17. The second kappa shape index (κ2) is 7.28. The first-order valence-corrected chi connectivity index (χ1v) is 7.15. The third kappa shape index (κ3) is 5.21. The lowest BCUT2D eigenvalue weighted by atomic mass is 10.0. The summed E-state index contributed by atoms with van der Waals surface area (Å²) in [6.45, 7) is 5.76. The molecule has 0 radical (unpaired) electrons. The Morgan fingerprint density at radius 3 is 2.50 bits per heavy atom. The minimum atomic E-state index is -1.03. The van der Waals surface area contributed by atoms with Crippen molar-refractivity contribution in [3.05, 3.63) is 28.2 Å². The number of anilines is 1. The number of amides is 2. The van der Waals surface area contributed by atoms with Crippen LogP contribution in [0.3, 0.4) is 0 Å². The van der Waals surface area contributed by atoms with Crippen molar-refractivity contribution in [2.45, 2.75) is 33.2 Å². The van der Waals surface area contributed by atoms with Gasteiger partial charge in [-0.05, 0) is 37.0 Å². The number of hydrogen-bond acceptors (Lipinski definition) is 2. The molecule has 0 aromatic heterocycles. The average molecular weight is 343 g/mol. The molecule has 0 spiro atoms. The second-order valence-corrected chi connectivity index (χ2v) is 5.94. The molecule has 1 aromatic rings. The summed E-state index contributed by atoms with van der Waals surface area (Å²) in [5, 5.41) is 14.2. The van der Waals surface area contributed by atoms with Gasteiger partial charge in [0.05, 0.1) is 0 Å². The topological polar surface area (TPSA) is 78.4 Å². The van der Waals surface area contributed by atoms with E-state index in [0.29, 0.717) is 12.1 Å². The predicted octanol–water partition coefficient (Wildman–Crippen LogP) is 3.38. The molecule has 2 amide bonds. The molecule has 0 aliphatic rings. The number of nitrogens with one attached hydrogen (secondary N) is 2. The van der Waals surface area contributed by atoms with E-state index in [1.54, 1.807) is 12.1 Å². The Labute approximate surface area is 126 Å². The van der Waals surface area contributed by atoms with Gasteiger partial charge in [0.1, 0.15) is 6.04 Å². The van der Waals surface area contributed by atoms with E-state index in [9.17, 15) is 9.59 Å². The Hall–Kier alpha value is -1.56. The van der Waals surface area contributed by atoms with E-state index in [-0.39, 0.29) is 5.92 Å². The highest BCUT2D eigenvalue weighted by Crippen LogP contribution is 2.20. The molecular formula is C14H19BrN2O3. The molecule has 0 saturated carbocycles. The van der Waals surface area contributed by atoms with Crippen LogP contribution in [-0.2, 0) is 4.79 Å². The molecular weight excluding hydrogens is 324 g/mol. The summed E-state index contributed by atoms with van der Waals surface area (Å²) >= 11 is 3.38. The number of carboxylic acid groups (broad SMARTS) is 1. The highest BCUT2D eigenvalue weighted by Gasteiger charge is 2.21. The van der Waals surface area contributed by atoms with Crippen molar-refractivity contribution in [3.8, 4) is 0 Å². The fraction of sp³-hybridized carbons (Fsp3) is 0.429. The molecule has 6 heteroatoms. The Morgan fingerprint density at radius 2 is 2.00 bits per heavy atom. The zero-order valence-corrected chi connectivity index (χ0v) is 13.3. The molecule has 1 aromatic carbocycles. The minimum absolute atomic E-state index is 0.185. The average Bonchev–Trinajstić information content (AvgIpc) is 2.32. The van der Waals surface area contributed by atoms with Gasteiger partial charge in [-0.15, -0.1) is 0 Å². The summed E-state index contributed by atoms with van der Waals surface area (Å²) in [5.41, 5.74) is 1.66. The van der Waals surface area contributed by atoms with Gasteiger partial charge in [-0.25, -0.2) is 9.59 Å². The second-order valence-electron chi connectivity index (χ2n) is 5.08. The number of rotatable bonds is 5. The maximum atomic E-state index is 11.8. The van der Waals surface area contributed by atoms with Crippen molar-refractivity contribution >= 4 is 33.6 Å². The van der Waals surface area contributed by atoms with E-state index in [1.807, 2.05) is 26.8 Å². The highest BCUT2D eigenvalue weighted by atomic mass is 79.9. The van der Waals surface area contributed by atoms with Crippen molar-refractivity contribution in [1.82, 2.24) is 5.32 Å². The number of carbonyl (C=O) groups excluding carboxylic acids is 1. The monoisotopic (exact) mass is 342 g/mol. The van der Waals surface area contributed by atoms with Crippen LogP contribution >= 0.6 is 15.9 Å². The van der Waals surface area contributed by atoms with Gasteiger partial charge in [-0.2, -0.15) is 0 Å². The van der Waals surface area contributed by atoms with Gasteiger partial charge < -0.3 is 15.7 Å². The molecule has 0 saturated heterocycles. The highest BCUT2D eigenvalue weighted by molar-refractivity contribution is 9.10. The van der Waals surface area contributed by atoms with Crippen molar-refractivity contribution in [3.63, 3.8) is 0 Å². The van der Waals surface area contributed by atoms with E-state index in [1.165, 1.54) is 0 Å². The van der Waals surface area contributed by atoms with Crippen LogP contribution in [0.25, 0.3) is 0 Å². The van der Waals surface area contributed by atoms with Crippen LogP contribution in [0, 0.1) is 12.8 Å². The molecule has 0 heterocycles. The fourth-order valence-electron chi connectivity index (χ4n) is 1.69. The minimum Gasteiger partial charge on any atom is -0.480 e. The summed E-state index contributed by atoms with van der Waals surface area (Å²) in [6, 6.07) is 3.99. The molecule has 0 aliphatic heterocycles. The Kier molecular flexibility index (Phi) is 6.01. The van der Waals surface area contributed by atoms with E-state index >= 15 is 0 Å². The maximum Gasteiger partial charge on any atom is 0.326 e. The molecule has 0 unspecified atom stereocenters. The lowest BCUT2D eigenvalue weighted by Crippen LogP contribution is -2.43. The number of aryl methyl sites for hydroxylation is 1. The van der Waals surface area contributed by atoms with Gasteiger partial charge >= 0.3 is 12.0 Å². The van der Waals surface area contributed by atoms with Gasteiger partial charge in [-0.3, -0.25) is 0 Å². The number of hydrogen-bond donors (Lipinski definition) is 3. The lowest BCUT2D eigenvalue weighted by molar-refractivity contribution is -0.139. The molecule has 110 valence electrons. The summed E-state index contributed by atoms with van der Waals surface area (Å²) in [7, 11) is 0. The van der Waals surface area contributed by atoms with Gasteiger partial charge in [0.2, 0.25) is 0 Å². The van der Waals surface area contributed by atoms with Crippen molar-refractivity contribution < 1.29 is 14.7 Å². The van der Waals surface area contributed by atoms with Gasteiger partial charge in [-0.1, -0.05) is 35.8 Å². The third-order valence-corrected chi connectivity index (χ3v) is 3.59. The first-order valence-electron chi connectivity index (χ1n) is 6.36. The van der Waals surface area contributed by atoms with Crippen molar-refractivity contribution in [2.24, 2.45) is 5.92 Å². The molecule has 5 nitrogen and oxygen atoms in total. The number of halogens is 1. The zero-order valence-electron chi connectivity index (χ0n) is 11.7. The third-order valence-electron chi connectivity index (χ3n) is 2.74. The molecule has 3 N–H and O–H groups in total. The zero-order chi connectivity index (χ0) is 15.3. The summed E-state index contributed by atoms with van der Waals surface area (Å²) in [6.07, 6.45) is 0.389. The molecule has 20 heavy (non-hydrogen) atoms. The number of urea groups is 1. The standard InChI is InChI=1S/C14H19BrN2O3/c1-8(2)6-12(13(18)19)17-14(20)16-10-5-4-9(3)11(15)7-10/h4-5,7-8,12H,6H2,1-3H3,(H,18,19)(H2,16,17,20)/t12-/m1/s1. The Bertz CT molecular complexity index is 503. The first kappa shape index (κ1) is 16.5. The first-order chi connectivity index (χ1) is 9.29. The molecule has 1 atom stereocenters. The number of carbonyl (C=O) groups is 2. The van der Waals surface area contributed by atoms with E-state index in [2.05, 4.69) is 26.6 Å². The molecule has 0 aliphatic carbocycles. The Balaban J connectivity index is 2.65. The van der Waals surface area contributed by atoms with Crippen LogP contribution in [0.2, 0.25) is 0 Å². The van der Waals surface area contributed by atoms with E-state index in [0.717, 1.165) is 10.0 Å². The summed E-state index contributed by atoms with van der Waals surface area (Å²) in [5.74, 6) is -0.844.